The number of hydrogen-bond acceptors (Lipinski definition) is 5. The molecular formula is C22H30N4O4S2. The molecule has 32 heavy (non-hydrogen) atoms. The Morgan fingerprint density at radius 1 is 0.906 bits per heavy atom. The highest BCUT2D eigenvalue weighted by molar-refractivity contribution is 7.92. The zero-order valence-corrected chi connectivity index (χ0v) is 20.3. The molecule has 1 aromatic carbocycles. The summed E-state index contributed by atoms with van der Waals surface area (Å²) >= 11 is 0. The van der Waals surface area contributed by atoms with Gasteiger partial charge in [0.25, 0.3) is 10.0 Å². The summed E-state index contributed by atoms with van der Waals surface area (Å²) in [6, 6.07) is 5.91. The van der Waals surface area contributed by atoms with Crippen LogP contribution in [-0.4, -0.2) is 32.2 Å². The van der Waals surface area contributed by atoms with Crippen LogP contribution in [0.2, 0.25) is 0 Å². The van der Waals surface area contributed by atoms with Crippen LogP contribution in [0.4, 0.5) is 5.69 Å². The van der Waals surface area contributed by atoms with Crippen molar-refractivity contribution >= 4 is 25.7 Å². The first-order valence-electron chi connectivity index (χ1n) is 11.1. The van der Waals surface area contributed by atoms with Crippen molar-refractivity contribution in [3.8, 4) is 0 Å². The fourth-order valence-electron chi connectivity index (χ4n) is 6.63. The van der Waals surface area contributed by atoms with Gasteiger partial charge >= 0.3 is 0 Å². The van der Waals surface area contributed by atoms with Gasteiger partial charge in [-0.2, -0.15) is 5.10 Å². The lowest BCUT2D eigenvalue weighted by Gasteiger charge is -2.56. The van der Waals surface area contributed by atoms with Crippen molar-refractivity contribution in [3.63, 3.8) is 0 Å². The van der Waals surface area contributed by atoms with Crippen molar-refractivity contribution in [1.29, 1.82) is 0 Å². The summed E-state index contributed by atoms with van der Waals surface area (Å²) in [5.41, 5.74) is 0.940. The van der Waals surface area contributed by atoms with Gasteiger partial charge in [-0.25, -0.2) is 21.6 Å². The number of sulfonamides is 2. The maximum atomic E-state index is 13.2. The predicted octanol–water partition coefficient (Wildman–Crippen LogP) is 3.08. The average Bonchev–Trinajstić information content (AvgIpc) is 2.92. The Hall–Kier alpha value is -1.91. The Morgan fingerprint density at radius 3 is 1.91 bits per heavy atom. The van der Waals surface area contributed by atoms with Gasteiger partial charge in [0.05, 0.1) is 16.3 Å². The second-order valence-corrected chi connectivity index (χ2v) is 13.4. The lowest BCUT2D eigenvalue weighted by atomic mass is 9.53. The van der Waals surface area contributed by atoms with Crippen LogP contribution >= 0.6 is 0 Å². The summed E-state index contributed by atoms with van der Waals surface area (Å²) in [4.78, 5) is 0.296. The Bertz CT molecular complexity index is 1230. The van der Waals surface area contributed by atoms with E-state index in [2.05, 4.69) is 14.5 Å². The molecule has 4 saturated carbocycles. The maximum absolute atomic E-state index is 13.2. The van der Waals surface area contributed by atoms with Crippen LogP contribution in [-0.2, 0) is 27.1 Å². The van der Waals surface area contributed by atoms with Crippen LogP contribution in [0.3, 0.4) is 0 Å². The molecule has 8 nitrogen and oxygen atoms in total. The molecule has 4 fully saturated rings. The Labute approximate surface area is 189 Å². The van der Waals surface area contributed by atoms with Crippen LogP contribution in [0.25, 0.3) is 0 Å². The smallest absolute Gasteiger partial charge is 0.265 e. The van der Waals surface area contributed by atoms with Crippen LogP contribution in [0.1, 0.15) is 49.9 Å². The van der Waals surface area contributed by atoms with E-state index in [1.54, 1.807) is 20.9 Å². The maximum Gasteiger partial charge on any atom is 0.265 e. The summed E-state index contributed by atoms with van der Waals surface area (Å²) in [6.45, 7) is 3.34. The third kappa shape index (κ3) is 3.76. The molecule has 2 aromatic rings. The van der Waals surface area contributed by atoms with Crippen molar-refractivity contribution in [3.05, 3.63) is 35.7 Å². The number of anilines is 1. The molecule has 174 valence electrons. The molecule has 4 bridgehead atoms. The minimum absolute atomic E-state index is 0.139. The molecule has 10 heteroatoms. The number of aromatic nitrogens is 2. The first kappa shape index (κ1) is 21.9. The topological polar surface area (TPSA) is 110 Å². The molecule has 0 amide bonds. The van der Waals surface area contributed by atoms with Crippen LogP contribution in [0, 0.1) is 31.6 Å². The molecule has 1 aromatic heterocycles. The third-order valence-electron chi connectivity index (χ3n) is 7.52. The first-order chi connectivity index (χ1) is 15.0. The molecule has 0 radical (unpaired) electrons. The molecule has 6 rings (SSSR count). The highest BCUT2D eigenvalue weighted by atomic mass is 32.2. The van der Waals surface area contributed by atoms with Gasteiger partial charge in [-0.15, -0.1) is 0 Å². The molecule has 0 saturated heterocycles. The molecule has 0 aliphatic heterocycles. The van der Waals surface area contributed by atoms with Crippen molar-refractivity contribution < 1.29 is 16.8 Å². The van der Waals surface area contributed by atoms with Crippen LogP contribution in [0.15, 0.2) is 34.1 Å². The van der Waals surface area contributed by atoms with Crippen molar-refractivity contribution in [2.24, 2.45) is 24.8 Å². The zero-order valence-electron chi connectivity index (χ0n) is 18.6. The number of hydrogen-bond donors (Lipinski definition) is 2. The van der Waals surface area contributed by atoms with Gasteiger partial charge in [0.15, 0.2) is 0 Å². The monoisotopic (exact) mass is 478 g/mol. The number of nitrogens with one attached hydrogen (secondary N) is 2. The largest absolute Gasteiger partial charge is 0.280 e. The summed E-state index contributed by atoms with van der Waals surface area (Å²) in [5.74, 6) is 1.92. The van der Waals surface area contributed by atoms with Crippen LogP contribution < -0.4 is 9.44 Å². The third-order valence-corrected chi connectivity index (χ3v) is 10.7. The molecule has 2 N–H and O–H groups in total. The Kier molecular flexibility index (Phi) is 5.00. The lowest BCUT2D eigenvalue weighted by Crippen LogP contribution is -2.59. The zero-order chi connectivity index (χ0) is 22.9. The van der Waals surface area contributed by atoms with E-state index < -0.39 is 20.0 Å². The fraction of sp³-hybridized carbons (Fsp3) is 0.591. The van der Waals surface area contributed by atoms with Gasteiger partial charge in [0.1, 0.15) is 4.90 Å². The van der Waals surface area contributed by atoms with E-state index in [-0.39, 0.29) is 15.3 Å². The Balaban J connectivity index is 1.34. The van der Waals surface area contributed by atoms with E-state index in [1.807, 2.05) is 0 Å². The van der Waals surface area contributed by atoms with E-state index in [0.717, 1.165) is 19.3 Å². The number of benzene rings is 1. The summed E-state index contributed by atoms with van der Waals surface area (Å²) in [5, 5.41) is 4.16. The molecule has 1 heterocycles. The standard InChI is InChI=1S/C22H30N4O4S2/c1-14-21(15(2)26(3)23-14)32(29,30)24-19-4-6-20(7-5-19)31(27,28)25-22-11-16-8-17(12-22)10-18(9-16)13-22/h4-7,16-18,24-25H,8-13H2,1-3H3. The summed E-state index contributed by atoms with van der Waals surface area (Å²) in [7, 11) is -5.83. The van der Waals surface area contributed by atoms with Crippen molar-refractivity contribution in [2.75, 3.05) is 4.72 Å². The van der Waals surface area contributed by atoms with E-state index in [1.165, 1.54) is 48.2 Å². The minimum Gasteiger partial charge on any atom is -0.280 e. The molecule has 4 aliphatic carbocycles. The Morgan fingerprint density at radius 2 is 1.44 bits per heavy atom. The summed E-state index contributed by atoms with van der Waals surface area (Å²) in [6.07, 6.45) is 6.52. The highest BCUT2D eigenvalue weighted by Crippen LogP contribution is 2.56. The first-order valence-corrected chi connectivity index (χ1v) is 14.1. The van der Waals surface area contributed by atoms with Gasteiger partial charge in [0.2, 0.25) is 10.0 Å². The van der Waals surface area contributed by atoms with Gasteiger partial charge in [-0.1, -0.05) is 0 Å². The van der Waals surface area contributed by atoms with Crippen molar-refractivity contribution in [1.82, 2.24) is 14.5 Å². The van der Waals surface area contributed by atoms with E-state index in [0.29, 0.717) is 34.8 Å². The normalized spacial score (nSPS) is 29.4. The predicted molar refractivity (Wildman–Crippen MR) is 121 cm³/mol. The van der Waals surface area contributed by atoms with Gasteiger partial charge < -0.3 is 0 Å². The molecule has 0 atom stereocenters. The SMILES string of the molecule is Cc1nn(C)c(C)c1S(=O)(=O)Nc1ccc(S(=O)(=O)NC23CC4CC(CC(C4)C2)C3)cc1. The second kappa shape index (κ2) is 7.30. The van der Waals surface area contributed by atoms with E-state index in [4.69, 9.17) is 0 Å². The number of aryl methyl sites for hydroxylation is 2. The molecule has 0 spiro atoms. The van der Waals surface area contributed by atoms with Crippen molar-refractivity contribution in [2.45, 2.75) is 67.7 Å². The van der Waals surface area contributed by atoms with Crippen LogP contribution in [0.5, 0.6) is 0 Å². The highest BCUT2D eigenvalue weighted by Gasteiger charge is 2.52. The van der Waals surface area contributed by atoms with Gasteiger partial charge in [0, 0.05) is 18.3 Å². The van der Waals surface area contributed by atoms with Gasteiger partial charge in [-0.3, -0.25) is 9.40 Å². The summed E-state index contributed by atoms with van der Waals surface area (Å²) < 4.78 is 59.2. The molecular weight excluding hydrogens is 448 g/mol. The average molecular weight is 479 g/mol. The van der Waals surface area contributed by atoms with E-state index in [9.17, 15) is 16.8 Å². The quantitative estimate of drug-likeness (QED) is 0.663. The molecule has 0 unspecified atom stereocenters. The van der Waals surface area contributed by atoms with E-state index >= 15 is 0 Å². The number of rotatable bonds is 6. The second-order valence-electron chi connectivity index (χ2n) is 10.1. The van der Waals surface area contributed by atoms with Gasteiger partial charge in [-0.05, 0) is 94.4 Å². The lowest BCUT2D eigenvalue weighted by molar-refractivity contribution is -0.00810. The number of nitrogens with zero attached hydrogens (tertiary/aromatic N) is 2. The minimum atomic E-state index is -3.84. The fourth-order valence-corrected chi connectivity index (χ4v) is 9.56. The molecule has 4 aliphatic rings.